The maximum atomic E-state index is 12.5. The molecule has 1 spiro atoms. The number of hydrogen-bond donors (Lipinski definition) is 0. The third-order valence-electron chi connectivity index (χ3n) is 9.05. The highest BCUT2D eigenvalue weighted by Crippen LogP contribution is 2.44. The van der Waals surface area contributed by atoms with Gasteiger partial charge in [0.25, 0.3) is 0 Å². The molecule has 2 aliphatic heterocycles. The number of piperidine rings is 1. The first-order chi connectivity index (χ1) is 20.8. The number of carbonyl (C=O) groups excluding carboxylic acids is 1. The van der Waals surface area contributed by atoms with Gasteiger partial charge in [-0.25, -0.2) is 14.8 Å². The van der Waals surface area contributed by atoms with Gasteiger partial charge < -0.3 is 19.3 Å². The van der Waals surface area contributed by atoms with Gasteiger partial charge in [0, 0.05) is 43.2 Å². The van der Waals surface area contributed by atoms with Gasteiger partial charge in [0.15, 0.2) is 0 Å². The Morgan fingerprint density at radius 3 is 2.30 bits per heavy atom. The van der Waals surface area contributed by atoms with Gasteiger partial charge >= 0.3 is 6.09 Å². The van der Waals surface area contributed by atoms with Crippen molar-refractivity contribution in [3.63, 3.8) is 0 Å². The summed E-state index contributed by atoms with van der Waals surface area (Å²) < 4.78 is 11.5. The predicted octanol–water partition coefficient (Wildman–Crippen LogP) is 6.96. The van der Waals surface area contributed by atoms with Crippen LogP contribution in [0.1, 0.15) is 88.2 Å². The summed E-state index contributed by atoms with van der Waals surface area (Å²) in [6.45, 7) is 17.8. The maximum absolute atomic E-state index is 12.5. The SMILES string of the molecule is CCc1cc(C(C)(C)c2ccc(OCc3ccnc(C)n3)cc2)cc(C#N)c1N1CCC2(CC1)CN(C(=O)OC(C)(C)C)C2. The molecule has 3 aromatic rings. The van der Waals surface area contributed by atoms with Crippen molar-refractivity contribution in [1.82, 2.24) is 14.9 Å². The van der Waals surface area contributed by atoms with Crippen LogP contribution in [0.3, 0.4) is 0 Å². The van der Waals surface area contributed by atoms with Crippen LogP contribution in [0.25, 0.3) is 0 Å². The molecule has 0 radical (unpaired) electrons. The van der Waals surface area contributed by atoms with Crippen LogP contribution < -0.4 is 9.64 Å². The van der Waals surface area contributed by atoms with E-state index in [1.165, 1.54) is 5.56 Å². The Hall–Kier alpha value is -4.12. The van der Waals surface area contributed by atoms with Crippen molar-refractivity contribution in [1.29, 1.82) is 5.26 Å². The van der Waals surface area contributed by atoms with E-state index in [1.807, 2.05) is 50.8 Å². The monoisotopic (exact) mass is 595 g/mol. The van der Waals surface area contributed by atoms with Gasteiger partial charge in [0.05, 0.1) is 16.9 Å². The molecule has 2 fully saturated rings. The third-order valence-corrected chi connectivity index (χ3v) is 9.05. The molecule has 2 aromatic carbocycles. The number of amides is 1. The molecule has 5 rings (SSSR count). The van der Waals surface area contributed by atoms with Crippen LogP contribution in [0.4, 0.5) is 10.5 Å². The molecule has 8 heteroatoms. The number of nitriles is 1. The minimum absolute atomic E-state index is 0.151. The summed E-state index contributed by atoms with van der Waals surface area (Å²) in [6, 6.07) is 17.0. The third kappa shape index (κ3) is 6.67. The summed E-state index contributed by atoms with van der Waals surface area (Å²) in [5.74, 6) is 1.51. The molecule has 0 N–H and O–H groups in total. The Morgan fingerprint density at radius 1 is 1.02 bits per heavy atom. The number of aromatic nitrogens is 2. The second-order valence-corrected chi connectivity index (χ2v) is 13.9. The van der Waals surface area contributed by atoms with Crippen molar-refractivity contribution in [3.05, 3.63) is 82.4 Å². The Balaban J connectivity index is 1.27. The number of carbonyl (C=O) groups is 1. The zero-order valence-electron chi connectivity index (χ0n) is 27.2. The van der Waals surface area contributed by atoms with E-state index in [2.05, 4.69) is 66.0 Å². The number of anilines is 1. The van der Waals surface area contributed by atoms with Crippen LogP contribution in [-0.2, 0) is 23.2 Å². The largest absolute Gasteiger partial charge is 0.487 e. The fourth-order valence-corrected chi connectivity index (χ4v) is 6.40. The van der Waals surface area contributed by atoms with E-state index in [1.54, 1.807) is 6.20 Å². The molecular formula is C36H45N5O3. The van der Waals surface area contributed by atoms with E-state index < -0.39 is 5.60 Å². The summed E-state index contributed by atoms with van der Waals surface area (Å²) in [5.41, 5.74) is 5.48. The Bertz CT molecular complexity index is 1540. The molecule has 2 aliphatic rings. The zero-order chi connectivity index (χ0) is 31.7. The number of aryl methyl sites for hydroxylation is 2. The van der Waals surface area contributed by atoms with Crippen LogP contribution in [0, 0.1) is 23.7 Å². The summed E-state index contributed by atoms with van der Waals surface area (Å²) in [5, 5.41) is 10.3. The lowest BCUT2D eigenvalue weighted by molar-refractivity contribution is -0.0434. The summed E-state index contributed by atoms with van der Waals surface area (Å²) in [4.78, 5) is 25.3. The average molecular weight is 596 g/mol. The normalized spacial score (nSPS) is 16.3. The number of nitrogens with zero attached hydrogens (tertiary/aromatic N) is 5. The Morgan fingerprint density at radius 2 is 1.70 bits per heavy atom. The van der Waals surface area contributed by atoms with Crippen molar-refractivity contribution in [3.8, 4) is 11.8 Å². The Kier molecular flexibility index (Phi) is 8.62. The molecule has 1 amide bonds. The van der Waals surface area contributed by atoms with Crippen molar-refractivity contribution < 1.29 is 14.3 Å². The fraction of sp³-hybridized carbons (Fsp3) is 0.500. The van der Waals surface area contributed by atoms with Crippen molar-refractivity contribution in [2.24, 2.45) is 5.41 Å². The van der Waals surface area contributed by atoms with Gasteiger partial charge in [0.1, 0.15) is 29.9 Å². The highest BCUT2D eigenvalue weighted by molar-refractivity contribution is 5.70. The smallest absolute Gasteiger partial charge is 0.410 e. The number of benzene rings is 2. The van der Waals surface area contributed by atoms with Crippen LogP contribution >= 0.6 is 0 Å². The van der Waals surface area contributed by atoms with Crippen LogP contribution in [0.2, 0.25) is 0 Å². The van der Waals surface area contributed by atoms with Crippen molar-refractivity contribution in [2.45, 2.75) is 85.4 Å². The molecule has 1 aromatic heterocycles. The Labute approximate surface area is 262 Å². The van der Waals surface area contributed by atoms with Gasteiger partial charge in [-0.15, -0.1) is 0 Å². The first-order valence-corrected chi connectivity index (χ1v) is 15.6. The molecule has 0 aliphatic carbocycles. The lowest BCUT2D eigenvalue weighted by Crippen LogP contribution is -2.62. The van der Waals surface area contributed by atoms with Crippen molar-refractivity contribution in [2.75, 3.05) is 31.1 Å². The lowest BCUT2D eigenvalue weighted by Gasteiger charge is -2.54. The molecule has 0 bridgehead atoms. The molecule has 44 heavy (non-hydrogen) atoms. The molecule has 3 heterocycles. The number of hydrogen-bond acceptors (Lipinski definition) is 7. The van der Waals surface area contributed by atoms with E-state index in [0.717, 1.165) is 85.1 Å². The fourth-order valence-electron chi connectivity index (χ4n) is 6.40. The van der Waals surface area contributed by atoms with Crippen LogP contribution in [0.5, 0.6) is 5.75 Å². The van der Waals surface area contributed by atoms with Gasteiger partial charge in [-0.1, -0.05) is 39.0 Å². The van der Waals surface area contributed by atoms with Crippen LogP contribution in [0.15, 0.2) is 48.7 Å². The lowest BCUT2D eigenvalue weighted by atomic mass is 9.72. The molecule has 8 nitrogen and oxygen atoms in total. The second-order valence-electron chi connectivity index (χ2n) is 13.9. The second kappa shape index (κ2) is 12.1. The average Bonchev–Trinajstić information content (AvgIpc) is 2.97. The molecule has 0 saturated carbocycles. The summed E-state index contributed by atoms with van der Waals surface area (Å²) in [6.07, 6.45) is 4.37. The minimum atomic E-state index is -0.482. The number of rotatable bonds is 7. The van der Waals surface area contributed by atoms with E-state index in [-0.39, 0.29) is 16.9 Å². The zero-order valence-corrected chi connectivity index (χ0v) is 27.2. The first kappa shape index (κ1) is 31.3. The van der Waals surface area contributed by atoms with Crippen molar-refractivity contribution >= 4 is 11.8 Å². The summed E-state index contributed by atoms with van der Waals surface area (Å²) >= 11 is 0. The highest BCUT2D eigenvalue weighted by atomic mass is 16.6. The van der Waals surface area contributed by atoms with Gasteiger partial charge in [-0.2, -0.15) is 5.26 Å². The standard InChI is InChI=1S/C36H45N5O3/c1-8-26-19-29(35(6,7)28-9-11-31(12-10-28)43-22-30-13-16-38-25(2)39-30)20-27(21-37)32(26)40-17-14-36(15-18-40)23-41(24-36)33(42)44-34(3,4)5/h9-13,16,19-20H,8,14-15,17-18,22-24H2,1-7H3. The quantitative estimate of drug-likeness (QED) is 0.292. The number of likely N-dealkylation sites (tertiary alicyclic amines) is 1. The first-order valence-electron chi connectivity index (χ1n) is 15.6. The highest BCUT2D eigenvalue weighted by Gasteiger charge is 2.48. The molecule has 0 atom stereocenters. The summed E-state index contributed by atoms with van der Waals surface area (Å²) in [7, 11) is 0. The van der Waals surface area contributed by atoms with Gasteiger partial charge in [-0.05, 0) is 87.9 Å². The molecule has 0 unspecified atom stereocenters. The van der Waals surface area contributed by atoms with E-state index >= 15 is 0 Å². The topological polar surface area (TPSA) is 91.6 Å². The van der Waals surface area contributed by atoms with E-state index in [0.29, 0.717) is 6.61 Å². The molecule has 2 saturated heterocycles. The van der Waals surface area contributed by atoms with E-state index in [4.69, 9.17) is 9.47 Å². The molecule has 232 valence electrons. The van der Waals surface area contributed by atoms with E-state index in [9.17, 15) is 10.1 Å². The van der Waals surface area contributed by atoms with Crippen LogP contribution in [-0.4, -0.2) is 52.7 Å². The maximum Gasteiger partial charge on any atom is 0.410 e. The predicted molar refractivity (Wildman–Crippen MR) is 172 cm³/mol. The molecular weight excluding hydrogens is 550 g/mol. The number of ether oxygens (including phenoxy) is 2. The minimum Gasteiger partial charge on any atom is -0.487 e. The van der Waals surface area contributed by atoms with Gasteiger partial charge in [-0.3, -0.25) is 0 Å². The van der Waals surface area contributed by atoms with Gasteiger partial charge in [0.2, 0.25) is 0 Å².